The fourth-order valence-electron chi connectivity index (χ4n) is 4.04. The monoisotopic (exact) mass is 330 g/mol. The molecule has 23 heavy (non-hydrogen) atoms. The zero-order valence-corrected chi connectivity index (χ0v) is 14.9. The molecule has 1 aliphatic heterocycles. The summed E-state index contributed by atoms with van der Waals surface area (Å²) in [6, 6.07) is 0. The minimum Gasteiger partial charge on any atom is -0.355 e. The van der Waals surface area contributed by atoms with Gasteiger partial charge in [-0.25, -0.2) is 9.97 Å². The molecule has 0 amide bonds. The molecule has 124 valence electrons. The number of thiophene rings is 1. The number of nitrogens with zero attached hydrogens (tertiary/aromatic N) is 4. The van der Waals surface area contributed by atoms with Crippen molar-refractivity contribution in [1.29, 1.82) is 0 Å². The Balaban J connectivity index is 1.67. The van der Waals surface area contributed by atoms with Gasteiger partial charge in [0.15, 0.2) is 0 Å². The first kappa shape index (κ1) is 15.3. The lowest BCUT2D eigenvalue weighted by Gasteiger charge is -2.23. The van der Waals surface area contributed by atoms with E-state index in [0.29, 0.717) is 0 Å². The first-order valence-electron chi connectivity index (χ1n) is 9.09. The highest BCUT2D eigenvalue weighted by atomic mass is 32.1. The normalized spacial score (nSPS) is 19.8. The van der Waals surface area contributed by atoms with Crippen molar-refractivity contribution in [2.24, 2.45) is 0 Å². The van der Waals surface area contributed by atoms with Gasteiger partial charge in [0.2, 0.25) is 0 Å². The van der Waals surface area contributed by atoms with Gasteiger partial charge >= 0.3 is 0 Å². The topological polar surface area (TPSA) is 32.3 Å². The van der Waals surface area contributed by atoms with Gasteiger partial charge < -0.3 is 9.80 Å². The maximum Gasteiger partial charge on any atom is 0.141 e. The van der Waals surface area contributed by atoms with Gasteiger partial charge in [0, 0.05) is 24.5 Å². The molecular weight excluding hydrogens is 304 g/mol. The van der Waals surface area contributed by atoms with Crippen LogP contribution < -0.4 is 4.90 Å². The van der Waals surface area contributed by atoms with E-state index in [0.717, 1.165) is 19.6 Å². The second kappa shape index (κ2) is 6.73. The number of anilines is 1. The molecule has 4 rings (SSSR count). The summed E-state index contributed by atoms with van der Waals surface area (Å²) in [4.78, 5) is 17.2. The van der Waals surface area contributed by atoms with E-state index in [1.54, 1.807) is 16.8 Å². The molecule has 5 heteroatoms. The summed E-state index contributed by atoms with van der Waals surface area (Å²) in [5.74, 6) is 1.20. The van der Waals surface area contributed by atoms with Gasteiger partial charge in [-0.1, -0.05) is 6.92 Å². The fraction of sp³-hybridized carbons (Fsp3) is 0.667. The highest BCUT2D eigenvalue weighted by Gasteiger charge is 2.23. The van der Waals surface area contributed by atoms with Crippen LogP contribution in [0.2, 0.25) is 0 Å². The Hall–Kier alpha value is -1.20. The van der Waals surface area contributed by atoms with Gasteiger partial charge in [-0.05, 0) is 57.2 Å². The minimum atomic E-state index is 1.09. The van der Waals surface area contributed by atoms with Crippen molar-refractivity contribution in [3.8, 4) is 0 Å². The van der Waals surface area contributed by atoms with Crippen molar-refractivity contribution in [2.75, 3.05) is 37.6 Å². The van der Waals surface area contributed by atoms with Crippen LogP contribution in [-0.2, 0) is 12.8 Å². The maximum absolute atomic E-state index is 4.73. The highest BCUT2D eigenvalue weighted by molar-refractivity contribution is 7.19. The molecule has 0 aromatic carbocycles. The molecule has 2 aliphatic rings. The summed E-state index contributed by atoms with van der Waals surface area (Å²) < 4.78 is 0. The predicted octanol–water partition coefficient (Wildman–Crippen LogP) is 3.49. The summed E-state index contributed by atoms with van der Waals surface area (Å²) in [5, 5.41) is 1.37. The lowest BCUT2D eigenvalue weighted by molar-refractivity contribution is 0.294. The highest BCUT2D eigenvalue weighted by Crippen LogP contribution is 2.39. The van der Waals surface area contributed by atoms with E-state index >= 15 is 0 Å². The van der Waals surface area contributed by atoms with Gasteiger partial charge in [-0.2, -0.15) is 0 Å². The van der Waals surface area contributed by atoms with Crippen LogP contribution in [0.25, 0.3) is 10.2 Å². The van der Waals surface area contributed by atoms with Gasteiger partial charge in [0.1, 0.15) is 17.0 Å². The minimum absolute atomic E-state index is 1.09. The van der Waals surface area contributed by atoms with Crippen molar-refractivity contribution in [3.05, 3.63) is 16.8 Å². The van der Waals surface area contributed by atoms with Crippen LogP contribution in [0, 0.1) is 0 Å². The Morgan fingerprint density at radius 1 is 1.04 bits per heavy atom. The third-order valence-corrected chi connectivity index (χ3v) is 6.36. The summed E-state index contributed by atoms with van der Waals surface area (Å²) in [6.07, 6.45) is 9.35. The van der Waals surface area contributed by atoms with E-state index in [-0.39, 0.29) is 0 Å². The Morgan fingerprint density at radius 2 is 1.96 bits per heavy atom. The summed E-state index contributed by atoms with van der Waals surface area (Å²) in [6.45, 7) is 8.09. The summed E-state index contributed by atoms with van der Waals surface area (Å²) in [5.41, 5.74) is 1.56. The molecule has 1 aliphatic carbocycles. The van der Waals surface area contributed by atoms with E-state index in [1.807, 2.05) is 11.3 Å². The van der Waals surface area contributed by atoms with Gasteiger partial charge in [0.25, 0.3) is 0 Å². The van der Waals surface area contributed by atoms with Crippen LogP contribution in [0.3, 0.4) is 0 Å². The SMILES string of the molecule is CCCN1CCCN(c2ncnc3sc4c(c23)CCCC4)CC1. The first-order valence-corrected chi connectivity index (χ1v) is 9.91. The van der Waals surface area contributed by atoms with Crippen LogP contribution in [0.1, 0.15) is 43.0 Å². The molecular formula is C18H26N4S. The van der Waals surface area contributed by atoms with E-state index in [2.05, 4.69) is 21.7 Å². The third-order valence-electron chi connectivity index (χ3n) is 5.16. The first-order chi connectivity index (χ1) is 11.4. The van der Waals surface area contributed by atoms with Crippen LogP contribution in [0.15, 0.2) is 6.33 Å². The van der Waals surface area contributed by atoms with Crippen molar-refractivity contribution in [3.63, 3.8) is 0 Å². The van der Waals surface area contributed by atoms with E-state index in [4.69, 9.17) is 4.98 Å². The van der Waals surface area contributed by atoms with Crippen molar-refractivity contribution < 1.29 is 0 Å². The smallest absolute Gasteiger partial charge is 0.141 e. The molecule has 0 spiro atoms. The van der Waals surface area contributed by atoms with Crippen molar-refractivity contribution in [1.82, 2.24) is 14.9 Å². The molecule has 0 atom stereocenters. The average molecular weight is 331 g/mol. The zero-order chi connectivity index (χ0) is 15.6. The van der Waals surface area contributed by atoms with Crippen LogP contribution in [0.4, 0.5) is 5.82 Å². The molecule has 1 fully saturated rings. The van der Waals surface area contributed by atoms with E-state index in [9.17, 15) is 0 Å². The molecule has 3 heterocycles. The van der Waals surface area contributed by atoms with E-state index < -0.39 is 0 Å². The lowest BCUT2D eigenvalue weighted by atomic mass is 9.97. The number of hydrogen-bond acceptors (Lipinski definition) is 5. The number of aryl methyl sites for hydroxylation is 2. The Morgan fingerprint density at radius 3 is 2.87 bits per heavy atom. The van der Waals surface area contributed by atoms with Crippen molar-refractivity contribution >= 4 is 27.4 Å². The van der Waals surface area contributed by atoms with E-state index in [1.165, 1.54) is 67.6 Å². The number of aromatic nitrogens is 2. The number of rotatable bonds is 3. The van der Waals surface area contributed by atoms with Crippen LogP contribution in [-0.4, -0.2) is 47.6 Å². The molecule has 2 aromatic heterocycles. The van der Waals surface area contributed by atoms with Crippen LogP contribution >= 0.6 is 11.3 Å². The lowest BCUT2D eigenvalue weighted by Crippen LogP contribution is -2.31. The quantitative estimate of drug-likeness (QED) is 0.862. The fourth-order valence-corrected chi connectivity index (χ4v) is 5.26. The second-order valence-corrected chi connectivity index (χ2v) is 7.85. The Kier molecular flexibility index (Phi) is 4.49. The Bertz CT molecular complexity index is 681. The van der Waals surface area contributed by atoms with Gasteiger partial charge in [-0.15, -0.1) is 11.3 Å². The van der Waals surface area contributed by atoms with Crippen LogP contribution in [0.5, 0.6) is 0 Å². The zero-order valence-electron chi connectivity index (χ0n) is 14.1. The molecule has 4 nitrogen and oxygen atoms in total. The molecule has 2 aromatic rings. The Labute approximate surface area is 142 Å². The largest absolute Gasteiger partial charge is 0.355 e. The molecule has 0 saturated carbocycles. The second-order valence-electron chi connectivity index (χ2n) is 6.77. The molecule has 0 N–H and O–H groups in total. The summed E-state index contributed by atoms with van der Waals surface area (Å²) >= 11 is 1.90. The molecule has 1 saturated heterocycles. The van der Waals surface area contributed by atoms with Gasteiger partial charge in [0.05, 0.1) is 5.39 Å². The van der Waals surface area contributed by atoms with Gasteiger partial charge in [-0.3, -0.25) is 0 Å². The molecule has 0 radical (unpaired) electrons. The molecule has 0 bridgehead atoms. The maximum atomic E-state index is 4.73. The molecule has 0 unspecified atom stereocenters. The predicted molar refractivity (Wildman–Crippen MR) is 97.6 cm³/mol. The van der Waals surface area contributed by atoms with Crippen molar-refractivity contribution in [2.45, 2.75) is 45.4 Å². The standard InChI is InChI=1S/C18H26N4S/c1-2-8-21-9-5-10-22(12-11-21)17-16-14-6-3-4-7-15(14)23-18(16)20-13-19-17/h13H,2-12H2,1H3. The average Bonchev–Trinajstić information content (AvgIpc) is 2.80. The summed E-state index contributed by atoms with van der Waals surface area (Å²) in [7, 11) is 0. The third kappa shape index (κ3) is 2.96. The number of fused-ring (bicyclic) bond motifs is 3. The number of hydrogen-bond donors (Lipinski definition) is 0.